The Bertz CT molecular complexity index is 1070. The fourth-order valence-corrected chi connectivity index (χ4v) is 3.63. The number of nitrogens with zero attached hydrogens (tertiary/aromatic N) is 3. The van der Waals surface area contributed by atoms with Crippen molar-refractivity contribution < 1.29 is 37.0 Å². The number of aromatic nitrogens is 1. The summed E-state index contributed by atoms with van der Waals surface area (Å²) in [5.74, 6) is -1.49. The number of carbonyl (C=O) groups excluding carboxylic acids is 3. The topological polar surface area (TPSA) is 89.0 Å². The number of carbonyl (C=O) groups is 3. The molecule has 2 aliphatic rings. The van der Waals surface area contributed by atoms with Crippen molar-refractivity contribution in [1.29, 1.82) is 0 Å². The van der Waals surface area contributed by atoms with Gasteiger partial charge in [0.1, 0.15) is 17.0 Å². The number of pyridine rings is 1. The van der Waals surface area contributed by atoms with Crippen LogP contribution in [-0.2, 0) is 16.1 Å². The zero-order valence-electron chi connectivity index (χ0n) is 16.9. The molecule has 2 heterocycles. The van der Waals surface area contributed by atoms with E-state index in [0.29, 0.717) is 18.4 Å². The third-order valence-electron chi connectivity index (χ3n) is 5.24. The van der Waals surface area contributed by atoms with Crippen molar-refractivity contribution in [3.05, 3.63) is 53.9 Å². The predicted octanol–water partition coefficient (Wildman–Crippen LogP) is 3.66. The van der Waals surface area contributed by atoms with Gasteiger partial charge in [-0.3, -0.25) is 4.79 Å². The van der Waals surface area contributed by atoms with Gasteiger partial charge in [-0.05, 0) is 61.7 Å². The SMILES string of the molecule is CCOC(=O)c1cc(CN2C(=O)N(c3ccc(OC(F)(F)F)cc3)C(=O)C23CC3)ccn1. The van der Waals surface area contributed by atoms with Gasteiger partial charge in [0.25, 0.3) is 5.91 Å². The summed E-state index contributed by atoms with van der Waals surface area (Å²) >= 11 is 0. The molecule has 1 aromatic carbocycles. The highest BCUT2D eigenvalue weighted by Crippen LogP contribution is 2.49. The molecule has 2 aromatic rings. The number of hydrogen-bond donors (Lipinski definition) is 0. The maximum atomic E-state index is 13.1. The molecule has 4 rings (SSSR count). The number of rotatable bonds is 6. The van der Waals surface area contributed by atoms with Crippen molar-refractivity contribution >= 4 is 23.6 Å². The average Bonchev–Trinajstić information content (AvgIpc) is 3.51. The van der Waals surface area contributed by atoms with Crippen molar-refractivity contribution in [1.82, 2.24) is 9.88 Å². The minimum Gasteiger partial charge on any atom is -0.461 e. The number of amides is 3. The first-order chi connectivity index (χ1) is 15.1. The second-order valence-electron chi connectivity index (χ2n) is 7.35. The zero-order chi connectivity index (χ0) is 23.1. The van der Waals surface area contributed by atoms with E-state index in [9.17, 15) is 27.6 Å². The molecule has 168 valence electrons. The molecular formula is C21H18F3N3O5. The summed E-state index contributed by atoms with van der Waals surface area (Å²) in [6.07, 6.45) is -2.48. The molecule has 1 spiro atoms. The number of benzene rings is 1. The van der Waals surface area contributed by atoms with Crippen LogP contribution in [0.5, 0.6) is 5.75 Å². The number of urea groups is 1. The van der Waals surface area contributed by atoms with E-state index < -0.39 is 35.6 Å². The molecule has 1 aliphatic heterocycles. The molecule has 3 amide bonds. The molecule has 0 atom stereocenters. The van der Waals surface area contributed by atoms with Gasteiger partial charge < -0.3 is 14.4 Å². The van der Waals surface area contributed by atoms with Gasteiger partial charge in [-0.1, -0.05) is 0 Å². The third kappa shape index (κ3) is 3.97. The minimum absolute atomic E-state index is 0.0608. The lowest BCUT2D eigenvalue weighted by molar-refractivity contribution is -0.274. The average molecular weight is 449 g/mol. The second kappa shape index (κ2) is 7.81. The Labute approximate surface area is 180 Å². The Kier molecular flexibility index (Phi) is 5.27. The van der Waals surface area contributed by atoms with Gasteiger partial charge in [0.05, 0.1) is 12.3 Å². The van der Waals surface area contributed by atoms with E-state index in [1.54, 1.807) is 13.0 Å². The summed E-state index contributed by atoms with van der Waals surface area (Å²) < 4.78 is 45.9. The zero-order valence-corrected chi connectivity index (χ0v) is 16.9. The lowest BCUT2D eigenvalue weighted by Gasteiger charge is -2.21. The molecule has 2 fully saturated rings. The number of hydrogen-bond acceptors (Lipinski definition) is 6. The van der Waals surface area contributed by atoms with Gasteiger partial charge in [0.2, 0.25) is 0 Å². The lowest BCUT2D eigenvalue weighted by Crippen LogP contribution is -2.36. The van der Waals surface area contributed by atoms with Crippen molar-refractivity contribution in [3.63, 3.8) is 0 Å². The highest BCUT2D eigenvalue weighted by Gasteiger charge is 2.65. The van der Waals surface area contributed by atoms with Crippen LogP contribution >= 0.6 is 0 Å². The smallest absolute Gasteiger partial charge is 0.461 e. The molecule has 0 unspecified atom stereocenters. The summed E-state index contributed by atoms with van der Waals surface area (Å²) in [7, 11) is 0. The molecule has 0 radical (unpaired) electrons. The molecule has 32 heavy (non-hydrogen) atoms. The summed E-state index contributed by atoms with van der Waals surface area (Å²) in [6, 6.07) is 7.07. The molecule has 0 bridgehead atoms. The van der Waals surface area contributed by atoms with Crippen LogP contribution < -0.4 is 9.64 Å². The van der Waals surface area contributed by atoms with Crippen LogP contribution in [-0.4, -0.2) is 46.3 Å². The van der Waals surface area contributed by atoms with E-state index >= 15 is 0 Å². The fraction of sp³-hybridized carbons (Fsp3) is 0.333. The summed E-state index contributed by atoms with van der Waals surface area (Å²) in [5, 5.41) is 0. The Morgan fingerprint density at radius 1 is 1.16 bits per heavy atom. The third-order valence-corrected chi connectivity index (χ3v) is 5.24. The number of halogens is 3. The molecule has 1 saturated heterocycles. The predicted molar refractivity (Wildman–Crippen MR) is 104 cm³/mol. The van der Waals surface area contributed by atoms with Crippen LogP contribution in [0.4, 0.5) is 23.7 Å². The maximum absolute atomic E-state index is 13.1. The van der Waals surface area contributed by atoms with Crippen LogP contribution in [0.25, 0.3) is 0 Å². The highest BCUT2D eigenvalue weighted by atomic mass is 19.4. The van der Waals surface area contributed by atoms with Crippen LogP contribution in [0.1, 0.15) is 35.8 Å². The molecule has 1 aromatic heterocycles. The van der Waals surface area contributed by atoms with Gasteiger partial charge in [-0.2, -0.15) is 0 Å². The van der Waals surface area contributed by atoms with E-state index in [-0.39, 0.29) is 24.5 Å². The molecule has 11 heteroatoms. The van der Waals surface area contributed by atoms with Gasteiger partial charge in [0.15, 0.2) is 0 Å². The molecule has 1 aliphatic carbocycles. The van der Waals surface area contributed by atoms with Gasteiger partial charge >= 0.3 is 18.4 Å². The normalized spacial score (nSPS) is 17.1. The van der Waals surface area contributed by atoms with E-state index in [1.807, 2.05) is 0 Å². The van der Waals surface area contributed by atoms with Crippen molar-refractivity contribution in [2.75, 3.05) is 11.5 Å². The summed E-state index contributed by atoms with van der Waals surface area (Å²) in [4.78, 5) is 44.4. The molecular weight excluding hydrogens is 431 g/mol. The summed E-state index contributed by atoms with van der Waals surface area (Å²) in [6.45, 7) is 1.92. The molecule has 8 nitrogen and oxygen atoms in total. The monoisotopic (exact) mass is 449 g/mol. The second-order valence-corrected chi connectivity index (χ2v) is 7.35. The number of esters is 1. The number of imide groups is 1. The van der Waals surface area contributed by atoms with Crippen LogP contribution in [0.15, 0.2) is 42.6 Å². The van der Waals surface area contributed by atoms with Gasteiger partial charge in [0, 0.05) is 12.7 Å². The first-order valence-corrected chi connectivity index (χ1v) is 9.78. The first-order valence-electron chi connectivity index (χ1n) is 9.78. The minimum atomic E-state index is -4.84. The Balaban J connectivity index is 1.56. The van der Waals surface area contributed by atoms with Gasteiger partial charge in [-0.25, -0.2) is 19.5 Å². The first kappa shape index (κ1) is 21.6. The van der Waals surface area contributed by atoms with E-state index in [4.69, 9.17) is 4.74 Å². The van der Waals surface area contributed by atoms with E-state index in [0.717, 1.165) is 17.0 Å². The maximum Gasteiger partial charge on any atom is 0.573 e. The highest BCUT2D eigenvalue weighted by molar-refractivity contribution is 6.24. The van der Waals surface area contributed by atoms with E-state index in [2.05, 4.69) is 9.72 Å². The van der Waals surface area contributed by atoms with Crippen LogP contribution in [0.3, 0.4) is 0 Å². The van der Waals surface area contributed by atoms with Crippen LogP contribution in [0, 0.1) is 0 Å². The van der Waals surface area contributed by atoms with Crippen molar-refractivity contribution in [2.24, 2.45) is 0 Å². The van der Waals surface area contributed by atoms with Gasteiger partial charge in [-0.15, -0.1) is 13.2 Å². The Morgan fingerprint density at radius 3 is 2.44 bits per heavy atom. The number of alkyl halides is 3. The lowest BCUT2D eigenvalue weighted by atomic mass is 10.1. The molecule has 0 N–H and O–H groups in total. The van der Waals surface area contributed by atoms with Crippen LogP contribution in [0.2, 0.25) is 0 Å². The fourth-order valence-electron chi connectivity index (χ4n) is 3.63. The standard InChI is InChI=1S/C21H18F3N3O5/c1-2-31-17(28)16-11-13(7-10-25-16)12-26-19(30)27(18(29)20(26)8-9-20)14-3-5-15(6-4-14)32-21(22,23)24/h3-7,10-11H,2,8-9,12H2,1H3. The van der Waals surface area contributed by atoms with Crippen molar-refractivity contribution in [2.45, 2.75) is 38.2 Å². The number of anilines is 1. The van der Waals surface area contributed by atoms with Crippen molar-refractivity contribution in [3.8, 4) is 5.75 Å². The summed E-state index contributed by atoms with van der Waals surface area (Å²) in [5.41, 5.74) is -0.174. The largest absolute Gasteiger partial charge is 0.573 e. The Morgan fingerprint density at radius 2 is 1.84 bits per heavy atom. The Hall–Kier alpha value is -3.63. The van der Waals surface area contributed by atoms with E-state index in [1.165, 1.54) is 29.3 Å². The number of ether oxygens (including phenoxy) is 2. The molecule has 1 saturated carbocycles. The quantitative estimate of drug-likeness (QED) is 0.494.